The van der Waals surface area contributed by atoms with Gasteiger partial charge in [-0.3, -0.25) is 0 Å². The van der Waals surface area contributed by atoms with Crippen LogP contribution in [0.3, 0.4) is 0 Å². The normalized spacial score (nSPS) is 20.9. The third-order valence-electron chi connectivity index (χ3n) is 2.76. The van der Waals surface area contributed by atoms with E-state index in [2.05, 4.69) is 0 Å². The van der Waals surface area contributed by atoms with Crippen LogP contribution in [0, 0.1) is 0 Å². The summed E-state index contributed by atoms with van der Waals surface area (Å²) in [4.78, 5) is 14.1. The van der Waals surface area contributed by atoms with Crippen molar-refractivity contribution in [3.8, 4) is 0 Å². The molecular weight excluding hydrogens is 268 g/mol. The summed E-state index contributed by atoms with van der Waals surface area (Å²) >= 11 is 3.01. The van der Waals surface area contributed by atoms with E-state index < -0.39 is 11.4 Å². The fraction of sp³-hybridized carbons (Fsp3) is 0.308. The van der Waals surface area contributed by atoms with Crippen molar-refractivity contribution in [3.63, 3.8) is 0 Å². The molecule has 0 amide bonds. The SMILES string of the molecule is CC1(C)OC(=O)C(c2cccs2)(c2cccs2)O1. The van der Waals surface area contributed by atoms with Gasteiger partial charge in [0.25, 0.3) is 0 Å². The van der Waals surface area contributed by atoms with Crippen molar-refractivity contribution in [2.75, 3.05) is 0 Å². The van der Waals surface area contributed by atoms with Gasteiger partial charge in [-0.15, -0.1) is 22.7 Å². The fourth-order valence-corrected chi connectivity index (χ4v) is 3.90. The molecule has 94 valence electrons. The molecule has 5 heteroatoms. The molecule has 2 aromatic heterocycles. The van der Waals surface area contributed by atoms with E-state index in [4.69, 9.17) is 9.47 Å². The van der Waals surface area contributed by atoms with E-state index in [-0.39, 0.29) is 5.97 Å². The zero-order chi connectivity index (χ0) is 12.8. The summed E-state index contributed by atoms with van der Waals surface area (Å²) in [5.41, 5.74) is -1.09. The number of esters is 1. The van der Waals surface area contributed by atoms with E-state index in [1.54, 1.807) is 13.8 Å². The second-order valence-corrected chi connectivity index (χ2v) is 6.42. The Labute approximate surface area is 113 Å². The maximum atomic E-state index is 12.4. The second kappa shape index (κ2) is 3.91. The highest BCUT2D eigenvalue weighted by molar-refractivity contribution is 7.12. The largest absolute Gasteiger partial charge is 0.431 e. The molecule has 1 aliphatic rings. The number of thiophene rings is 2. The maximum Gasteiger partial charge on any atom is 0.352 e. The van der Waals surface area contributed by atoms with E-state index in [9.17, 15) is 4.79 Å². The van der Waals surface area contributed by atoms with E-state index >= 15 is 0 Å². The van der Waals surface area contributed by atoms with Crippen molar-refractivity contribution in [1.82, 2.24) is 0 Å². The summed E-state index contributed by atoms with van der Waals surface area (Å²) in [5, 5.41) is 3.87. The van der Waals surface area contributed by atoms with Gasteiger partial charge in [0.15, 0.2) is 0 Å². The number of cyclic esters (lactones) is 1. The average molecular weight is 280 g/mol. The molecule has 1 saturated heterocycles. The smallest absolute Gasteiger partial charge is 0.352 e. The third-order valence-corrected chi connectivity index (χ3v) is 4.70. The summed E-state index contributed by atoms with van der Waals surface area (Å²) in [5.74, 6) is -1.23. The topological polar surface area (TPSA) is 35.5 Å². The Kier molecular flexibility index (Phi) is 2.59. The molecular formula is C13H12O3S2. The molecule has 0 atom stereocenters. The van der Waals surface area contributed by atoms with Gasteiger partial charge >= 0.3 is 5.97 Å². The van der Waals surface area contributed by atoms with Crippen LogP contribution in [0.2, 0.25) is 0 Å². The molecule has 1 fully saturated rings. The molecule has 0 N–H and O–H groups in total. The zero-order valence-electron chi connectivity index (χ0n) is 10.0. The van der Waals surface area contributed by atoms with Crippen LogP contribution in [0.25, 0.3) is 0 Å². The predicted octanol–water partition coefficient (Wildman–Crippen LogP) is 3.36. The van der Waals surface area contributed by atoms with Crippen molar-refractivity contribution in [2.45, 2.75) is 25.2 Å². The Morgan fingerprint density at radius 1 is 1.06 bits per heavy atom. The molecule has 2 aromatic rings. The fourth-order valence-electron chi connectivity index (χ4n) is 2.11. The monoisotopic (exact) mass is 280 g/mol. The summed E-state index contributed by atoms with van der Waals surface area (Å²) in [6, 6.07) is 7.65. The number of hydrogen-bond donors (Lipinski definition) is 0. The Morgan fingerprint density at radius 2 is 1.61 bits per heavy atom. The number of carbonyl (C=O) groups excluding carboxylic acids is 1. The molecule has 0 aromatic carbocycles. The molecule has 0 saturated carbocycles. The molecule has 1 aliphatic heterocycles. The molecule has 3 nitrogen and oxygen atoms in total. The van der Waals surface area contributed by atoms with Crippen molar-refractivity contribution >= 4 is 28.6 Å². The zero-order valence-corrected chi connectivity index (χ0v) is 11.6. The van der Waals surface area contributed by atoms with Gasteiger partial charge in [-0.05, 0) is 22.9 Å². The molecule has 0 unspecified atom stereocenters. The van der Waals surface area contributed by atoms with Crippen LogP contribution in [0.15, 0.2) is 35.0 Å². The summed E-state index contributed by atoms with van der Waals surface area (Å²) in [6.07, 6.45) is 0. The van der Waals surface area contributed by atoms with Gasteiger partial charge in [-0.1, -0.05) is 12.1 Å². The van der Waals surface area contributed by atoms with Gasteiger partial charge in [0.05, 0.1) is 9.75 Å². The van der Waals surface area contributed by atoms with Crippen molar-refractivity contribution in [3.05, 3.63) is 44.8 Å². The second-order valence-electron chi connectivity index (χ2n) is 4.53. The van der Waals surface area contributed by atoms with E-state index in [1.807, 2.05) is 35.0 Å². The third kappa shape index (κ3) is 1.62. The number of hydrogen-bond acceptors (Lipinski definition) is 5. The standard InChI is InChI=1S/C13H12O3S2/c1-12(2)15-11(14)13(16-12,9-5-3-7-17-9)10-6-4-8-18-10/h3-8H,1-2H3. The van der Waals surface area contributed by atoms with Crippen LogP contribution < -0.4 is 0 Å². The quantitative estimate of drug-likeness (QED) is 0.791. The first kappa shape index (κ1) is 11.9. The first-order valence-corrected chi connectivity index (χ1v) is 7.32. The first-order valence-electron chi connectivity index (χ1n) is 5.56. The minimum Gasteiger partial charge on any atom is -0.431 e. The maximum absolute atomic E-state index is 12.4. The Morgan fingerprint density at radius 3 is 1.94 bits per heavy atom. The van der Waals surface area contributed by atoms with Gasteiger partial charge in [0.2, 0.25) is 11.4 Å². The Bertz CT molecular complexity index is 521. The van der Waals surface area contributed by atoms with Crippen LogP contribution in [-0.4, -0.2) is 11.8 Å². The van der Waals surface area contributed by atoms with Crippen molar-refractivity contribution < 1.29 is 14.3 Å². The van der Waals surface area contributed by atoms with Crippen molar-refractivity contribution in [2.24, 2.45) is 0 Å². The van der Waals surface area contributed by atoms with Gasteiger partial charge in [-0.2, -0.15) is 0 Å². The highest BCUT2D eigenvalue weighted by Gasteiger charge is 2.57. The van der Waals surface area contributed by atoms with Crippen LogP contribution in [0.4, 0.5) is 0 Å². The van der Waals surface area contributed by atoms with Crippen LogP contribution in [-0.2, 0) is 19.9 Å². The van der Waals surface area contributed by atoms with Gasteiger partial charge in [0.1, 0.15) is 0 Å². The molecule has 0 radical (unpaired) electrons. The van der Waals surface area contributed by atoms with Gasteiger partial charge in [-0.25, -0.2) is 4.79 Å². The lowest BCUT2D eigenvalue weighted by Crippen LogP contribution is -2.34. The van der Waals surface area contributed by atoms with Gasteiger partial charge in [0, 0.05) is 13.8 Å². The van der Waals surface area contributed by atoms with Crippen LogP contribution in [0.5, 0.6) is 0 Å². The van der Waals surface area contributed by atoms with Crippen LogP contribution >= 0.6 is 22.7 Å². The molecule has 0 bridgehead atoms. The Balaban J connectivity index is 2.20. The summed E-state index contributed by atoms with van der Waals surface area (Å²) < 4.78 is 11.4. The van der Waals surface area contributed by atoms with Crippen molar-refractivity contribution in [1.29, 1.82) is 0 Å². The average Bonchev–Trinajstić information content (AvgIpc) is 2.99. The van der Waals surface area contributed by atoms with E-state index in [0.717, 1.165) is 9.75 Å². The molecule has 3 heterocycles. The first-order chi connectivity index (χ1) is 8.55. The molecule has 3 rings (SSSR count). The lowest BCUT2D eigenvalue weighted by atomic mass is 10.0. The number of rotatable bonds is 2. The van der Waals surface area contributed by atoms with E-state index in [1.165, 1.54) is 22.7 Å². The lowest BCUT2D eigenvalue weighted by molar-refractivity contribution is -0.163. The predicted molar refractivity (Wildman–Crippen MR) is 70.7 cm³/mol. The number of ether oxygens (including phenoxy) is 2. The van der Waals surface area contributed by atoms with Gasteiger partial charge < -0.3 is 9.47 Å². The highest BCUT2D eigenvalue weighted by atomic mass is 32.1. The number of carbonyl (C=O) groups is 1. The lowest BCUT2D eigenvalue weighted by Gasteiger charge is -2.24. The minimum absolute atomic E-state index is 0.336. The Hall–Kier alpha value is -1.17. The highest BCUT2D eigenvalue weighted by Crippen LogP contribution is 2.47. The molecule has 0 spiro atoms. The molecule has 0 aliphatic carbocycles. The summed E-state index contributed by atoms with van der Waals surface area (Å²) in [6.45, 7) is 3.52. The summed E-state index contributed by atoms with van der Waals surface area (Å²) in [7, 11) is 0. The minimum atomic E-state index is -1.09. The van der Waals surface area contributed by atoms with E-state index in [0.29, 0.717) is 0 Å². The van der Waals surface area contributed by atoms with Crippen LogP contribution in [0.1, 0.15) is 23.6 Å². The molecule has 18 heavy (non-hydrogen) atoms.